The summed E-state index contributed by atoms with van der Waals surface area (Å²) in [5.74, 6) is 0.649. The number of hydrogen-bond acceptors (Lipinski definition) is 4. The minimum absolute atomic E-state index is 0.166. The van der Waals surface area contributed by atoms with Gasteiger partial charge in [0.05, 0.1) is 23.7 Å². The SMILES string of the molecule is CC1CCCCN1Cc1nc(C2CC2)c(CO)s1. The first-order valence-electron chi connectivity index (χ1n) is 7.11. The van der Waals surface area contributed by atoms with E-state index in [1.807, 2.05) is 0 Å². The molecule has 0 aromatic carbocycles. The first-order valence-corrected chi connectivity index (χ1v) is 7.93. The summed E-state index contributed by atoms with van der Waals surface area (Å²) in [6.07, 6.45) is 6.52. The van der Waals surface area contributed by atoms with Crippen LogP contribution in [-0.2, 0) is 13.2 Å². The lowest BCUT2D eigenvalue weighted by Gasteiger charge is -2.32. The van der Waals surface area contributed by atoms with Crippen molar-refractivity contribution in [3.05, 3.63) is 15.6 Å². The lowest BCUT2D eigenvalue weighted by atomic mass is 10.0. The van der Waals surface area contributed by atoms with E-state index in [9.17, 15) is 5.11 Å². The number of nitrogens with zero attached hydrogens (tertiary/aromatic N) is 2. The molecule has 4 heteroatoms. The molecule has 2 fully saturated rings. The molecule has 1 N–H and O–H groups in total. The van der Waals surface area contributed by atoms with Crippen LogP contribution < -0.4 is 0 Å². The van der Waals surface area contributed by atoms with E-state index < -0.39 is 0 Å². The van der Waals surface area contributed by atoms with Crippen LogP contribution in [0.25, 0.3) is 0 Å². The van der Waals surface area contributed by atoms with Crippen LogP contribution in [-0.4, -0.2) is 27.6 Å². The van der Waals surface area contributed by atoms with Gasteiger partial charge in [-0.1, -0.05) is 6.42 Å². The van der Waals surface area contributed by atoms with Crippen molar-refractivity contribution >= 4 is 11.3 Å². The van der Waals surface area contributed by atoms with Crippen LogP contribution in [0.15, 0.2) is 0 Å². The molecule has 2 heterocycles. The van der Waals surface area contributed by atoms with Crippen molar-refractivity contribution in [2.24, 2.45) is 0 Å². The zero-order valence-electron chi connectivity index (χ0n) is 11.1. The smallest absolute Gasteiger partial charge is 0.107 e. The van der Waals surface area contributed by atoms with Gasteiger partial charge in [0, 0.05) is 12.0 Å². The molecule has 0 bridgehead atoms. The highest BCUT2D eigenvalue weighted by Crippen LogP contribution is 2.42. The minimum atomic E-state index is 0.166. The Kier molecular flexibility index (Phi) is 3.68. The predicted molar refractivity (Wildman–Crippen MR) is 73.7 cm³/mol. The molecule has 1 saturated carbocycles. The lowest BCUT2D eigenvalue weighted by molar-refractivity contribution is 0.152. The van der Waals surface area contributed by atoms with Gasteiger partial charge in [0.2, 0.25) is 0 Å². The molecule has 0 amide bonds. The molecule has 1 unspecified atom stereocenters. The van der Waals surface area contributed by atoms with Crippen molar-refractivity contribution in [3.8, 4) is 0 Å². The second-order valence-electron chi connectivity index (χ2n) is 5.66. The number of rotatable bonds is 4. The van der Waals surface area contributed by atoms with E-state index >= 15 is 0 Å². The highest BCUT2D eigenvalue weighted by atomic mass is 32.1. The van der Waals surface area contributed by atoms with Crippen LogP contribution in [0, 0.1) is 0 Å². The summed E-state index contributed by atoms with van der Waals surface area (Å²) >= 11 is 1.72. The third kappa shape index (κ3) is 2.60. The Hall–Kier alpha value is -0.450. The molecule has 0 radical (unpaired) electrons. The predicted octanol–water partition coefficient (Wildman–Crippen LogP) is 2.89. The number of piperidine rings is 1. The third-order valence-electron chi connectivity index (χ3n) is 4.16. The summed E-state index contributed by atoms with van der Waals surface area (Å²) in [7, 11) is 0. The normalized spacial score (nSPS) is 25.6. The van der Waals surface area contributed by atoms with Gasteiger partial charge in [0.1, 0.15) is 5.01 Å². The Labute approximate surface area is 113 Å². The van der Waals surface area contributed by atoms with Gasteiger partial charge in [-0.3, -0.25) is 4.90 Å². The fourth-order valence-corrected chi connectivity index (χ4v) is 3.88. The van der Waals surface area contributed by atoms with Crippen LogP contribution in [0.2, 0.25) is 0 Å². The van der Waals surface area contributed by atoms with Crippen molar-refractivity contribution in [2.75, 3.05) is 6.54 Å². The first kappa shape index (κ1) is 12.6. The van der Waals surface area contributed by atoms with Crippen molar-refractivity contribution < 1.29 is 5.11 Å². The van der Waals surface area contributed by atoms with Gasteiger partial charge in [0.25, 0.3) is 0 Å². The summed E-state index contributed by atoms with van der Waals surface area (Å²) in [6.45, 7) is 4.67. The zero-order valence-corrected chi connectivity index (χ0v) is 11.9. The number of aliphatic hydroxyl groups excluding tert-OH is 1. The fourth-order valence-electron chi connectivity index (χ4n) is 2.84. The molecule has 3 rings (SSSR count). The average Bonchev–Trinajstić information content (AvgIpc) is 3.14. The molecule has 1 saturated heterocycles. The highest BCUT2D eigenvalue weighted by molar-refractivity contribution is 7.11. The van der Waals surface area contributed by atoms with Gasteiger partial charge < -0.3 is 5.11 Å². The standard InChI is InChI=1S/C14H22N2OS/c1-10-4-2-3-7-16(10)8-13-15-14(11-5-6-11)12(9-17)18-13/h10-11,17H,2-9H2,1H3. The van der Waals surface area contributed by atoms with E-state index in [0.29, 0.717) is 12.0 Å². The molecule has 1 aromatic heterocycles. The second-order valence-corrected chi connectivity index (χ2v) is 6.83. The monoisotopic (exact) mass is 266 g/mol. The van der Waals surface area contributed by atoms with E-state index in [-0.39, 0.29) is 6.61 Å². The summed E-state index contributed by atoms with van der Waals surface area (Å²) < 4.78 is 0. The molecule has 0 spiro atoms. The number of aromatic nitrogens is 1. The van der Waals surface area contributed by atoms with Crippen LogP contribution in [0.4, 0.5) is 0 Å². The molecule has 3 nitrogen and oxygen atoms in total. The van der Waals surface area contributed by atoms with E-state index in [1.165, 1.54) is 49.4 Å². The summed E-state index contributed by atoms with van der Waals surface area (Å²) in [5.41, 5.74) is 1.20. The maximum absolute atomic E-state index is 9.42. The second kappa shape index (κ2) is 5.27. The van der Waals surface area contributed by atoms with Gasteiger partial charge in [-0.25, -0.2) is 4.98 Å². The zero-order chi connectivity index (χ0) is 12.5. The number of likely N-dealkylation sites (tertiary alicyclic amines) is 1. The Morgan fingerprint density at radius 1 is 1.33 bits per heavy atom. The number of hydrogen-bond donors (Lipinski definition) is 1. The lowest BCUT2D eigenvalue weighted by Crippen LogP contribution is -2.36. The van der Waals surface area contributed by atoms with Gasteiger partial charge >= 0.3 is 0 Å². The summed E-state index contributed by atoms with van der Waals surface area (Å²) in [4.78, 5) is 8.44. The molecule has 1 atom stereocenters. The van der Waals surface area contributed by atoms with Crippen LogP contribution in [0.5, 0.6) is 0 Å². The molecule has 2 aliphatic rings. The molecular formula is C14H22N2OS. The van der Waals surface area contributed by atoms with Crippen LogP contribution in [0.3, 0.4) is 0 Å². The van der Waals surface area contributed by atoms with Gasteiger partial charge in [-0.05, 0) is 39.2 Å². The molecule has 100 valence electrons. The maximum Gasteiger partial charge on any atom is 0.107 e. The van der Waals surface area contributed by atoms with Crippen molar-refractivity contribution in [2.45, 2.75) is 64.1 Å². The van der Waals surface area contributed by atoms with E-state index in [4.69, 9.17) is 4.98 Å². The number of thiazole rings is 1. The summed E-state index contributed by atoms with van der Waals surface area (Å²) in [5, 5.41) is 10.6. The quantitative estimate of drug-likeness (QED) is 0.910. The molecule has 1 aliphatic carbocycles. The molecular weight excluding hydrogens is 244 g/mol. The number of aliphatic hydroxyl groups is 1. The van der Waals surface area contributed by atoms with E-state index in [0.717, 1.165) is 11.4 Å². The highest BCUT2D eigenvalue weighted by Gasteiger charge is 2.30. The molecule has 1 aromatic rings. The average molecular weight is 266 g/mol. The van der Waals surface area contributed by atoms with Gasteiger partial charge in [-0.2, -0.15) is 0 Å². The van der Waals surface area contributed by atoms with Crippen LogP contribution in [0.1, 0.15) is 60.5 Å². The van der Waals surface area contributed by atoms with Crippen molar-refractivity contribution in [1.82, 2.24) is 9.88 Å². The van der Waals surface area contributed by atoms with Crippen molar-refractivity contribution in [1.29, 1.82) is 0 Å². The van der Waals surface area contributed by atoms with E-state index in [2.05, 4.69) is 11.8 Å². The largest absolute Gasteiger partial charge is 0.391 e. The third-order valence-corrected chi connectivity index (χ3v) is 5.20. The Balaban J connectivity index is 1.71. The van der Waals surface area contributed by atoms with Gasteiger partial charge in [0.15, 0.2) is 0 Å². The Morgan fingerprint density at radius 3 is 2.83 bits per heavy atom. The molecule has 1 aliphatic heterocycles. The fraction of sp³-hybridized carbons (Fsp3) is 0.786. The summed E-state index contributed by atoms with van der Waals surface area (Å²) in [6, 6.07) is 0.685. The first-order chi connectivity index (χ1) is 8.78. The van der Waals surface area contributed by atoms with Gasteiger partial charge in [-0.15, -0.1) is 11.3 Å². The van der Waals surface area contributed by atoms with Crippen molar-refractivity contribution in [3.63, 3.8) is 0 Å². The Bertz CT molecular complexity index is 414. The maximum atomic E-state index is 9.42. The Morgan fingerprint density at radius 2 is 2.17 bits per heavy atom. The topological polar surface area (TPSA) is 36.4 Å². The van der Waals surface area contributed by atoms with Crippen LogP contribution >= 0.6 is 11.3 Å². The van der Waals surface area contributed by atoms with E-state index in [1.54, 1.807) is 11.3 Å². The molecule has 18 heavy (non-hydrogen) atoms. The minimum Gasteiger partial charge on any atom is -0.391 e.